The van der Waals surface area contributed by atoms with Crippen LogP contribution in [0.2, 0.25) is 0 Å². The van der Waals surface area contributed by atoms with Gasteiger partial charge in [-0.1, -0.05) is 15.9 Å². The highest BCUT2D eigenvalue weighted by Gasteiger charge is 2.10. The molecule has 0 spiro atoms. The van der Waals surface area contributed by atoms with Crippen LogP contribution in [0.15, 0.2) is 16.6 Å². The molecule has 0 unspecified atom stereocenters. The zero-order valence-electron chi connectivity index (χ0n) is 8.66. The zero-order chi connectivity index (χ0) is 12.1. The number of hydrogen-bond acceptors (Lipinski definition) is 4. The number of esters is 1. The van der Waals surface area contributed by atoms with Gasteiger partial charge in [0.05, 0.1) is 31.8 Å². The van der Waals surface area contributed by atoms with Crippen molar-refractivity contribution in [3.8, 4) is 6.07 Å². The summed E-state index contributed by atoms with van der Waals surface area (Å²) in [6, 6.07) is 5.25. The number of aliphatic hydroxyl groups is 1. The van der Waals surface area contributed by atoms with E-state index in [4.69, 9.17) is 10.4 Å². The lowest BCUT2D eigenvalue weighted by Crippen LogP contribution is -2.05. The molecule has 1 aromatic carbocycles. The first-order chi connectivity index (χ1) is 7.62. The van der Waals surface area contributed by atoms with E-state index in [-0.39, 0.29) is 19.0 Å². The number of carbonyl (C=O) groups excluding carboxylic acids is 1. The van der Waals surface area contributed by atoms with Crippen molar-refractivity contribution < 1.29 is 14.6 Å². The number of benzene rings is 1. The van der Waals surface area contributed by atoms with Gasteiger partial charge in [-0.05, 0) is 17.7 Å². The van der Waals surface area contributed by atoms with E-state index in [9.17, 15) is 4.79 Å². The first-order valence-electron chi connectivity index (χ1n) is 4.51. The lowest BCUT2D eigenvalue weighted by molar-refractivity contribution is -0.139. The molecule has 0 aromatic heterocycles. The summed E-state index contributed by atoms with van der Waals surface area (Å²) >= 11 is 3.25. The van der Waals surface area contributed by atoms with Gasteiger partial charge in [0, 0.05) is 10.0 Å². The number of nitrogens with zero attached hydrogens (tertiary/aromatic N) is 1. The lowest BCUT2D eigenvalue weighted by atomic mass is 10.0. The van der Waals surface area contributed by atoms with Gasteiger partial charge in [-0.2, -0.15) is 5.26 Å². The molecule has 16 heavy (non-hydrogen) atoms. The smallest absolute Gasteiger partial charge is 0.309 e. The number of hydrogen-bond donors (Lipinski definition) is 1. The van der Waals surface area contributed by atoms with E-state index in [0.717, 1.165) is 0 Å². The Hall–Kier alpha value is -1.38. The topological polar surface area (TPSA) is 70.3 Å². The summed E-state index contributed by atoms with van der Waals surface area (Å²) < 4.78 is 5.16. The second-order valence-electron chi connectivity index (χ2n) is 3.13. The Morgan fingerprint density at radius 3 is 2.81 bits per heavy atom. The highest BCUT2D eigenvalue weighted by molar-refractivity contribution is 9.10. The van der Waals surface area contributed by atoms with Crippen LogP contribution in [-0.4, -0.2) is 18.2 Å². The first kappa shape index (κ1) is 12.7. The maximum Gasteiger partial charge on any atom is 0.309 e. The predicted molar refractivity (Wildman–Crippen MR) is 60.5 cm³/mol. The van der Waals surface area contributed by atoms with Crippen LogP contribution >= 0.6 is 15.9 Å². The fraction of sp³-hybridized carbons (Fsp3) is 0.273. The number of halogens is 1. The molecule has 1 N–H and O–H groups in total. The molecule has 0 aliphatic rings. The molecule has 0 heterocycles. The molecule has 1 aromatic rings. The van der Waals surface area contributed by atoms with Crippen LogP contribution in [0.3, 0.4) is 0 Å². The molecule has 0 saturated carbocycles. The molecule has 84 valence electrons. The molecule has 0 bridgehead atoms. The van der Waals surface area contributed by atoms with E-state index in [0.29, 0.717) is 21.2 Å². The van der Waals surface area contributed by atoms with Crippen LogP contribution < -0.4 is 0 Å². The van der Waals surface area contributed by atoms with Crippen LogP contribution in [0.25, 0.3) is 0 Å². The van der Waals surface area contributed by atoms with Crippen molar-refractivity contribution in [2.24, 2.45) is 0 Å². The molecule has 0 saturated heterocycles. The molecular formula is C11H10BrNO3. The number of carbonyl (C=O) groups is 1. The van der Waals surface area contributed by atoms with Crippen LogP contribution in [0.5, 0.6) is 0 Å². The third-order valence-electron chi connectivity index (χ3n) is 2.11. The van der Waals surface area contributed by atoms with Gasteiger partial charge in [0.15, 0.2) is 0 Å². The SMILES string of the molecule is COC(=O)Cc1cc(Br)c(CO)c(C#N)c1. The number of ether oxygens (including phenoxy) is 1. The number of aliphatic hydroxyl groups excluding tert-OH is 1. The van der Waals surface area contributed by atoms with Gasteiger partial charge in [-0.25, -0.2) is 0 Å². The summed E-state index contributed by atoms with van der Waals surface area (Å²) in [5.41, 5.74) is 1.55. The van der Waals surface area contributed by atoms with E-state index in [1.54, 1.807) is 12.1 Å². The third kappa shape index (κ3) is 2.81. The standard InChI is InChI=1S/C11H10BrNO3/c1-16-11(15)4-7-2-8(5-13)9(6-14)10(12)3-7/h2-3,14H,4,6H2,1H3. The van der Waals surface area contributed by atoms with Crippen molar-refractivity contribution in [2.75, 3.05) is 7.11 Å². The maximum absolute atomic E-state index is 11.1. The third-order valence-corrected chi connectivity index (χ3v) is 2.82. The number of methoxy groups -OCH3 is 1. The summed E-state index contributed by atoms with van der Waals surface area (Å²) in [5, 5.41) is 18.0. The van der Waals surface area contributed by atoms with Gasteiger partial charge >= 0.3 is 5.97 Å². The lowest BCUT2D eigenvalue weighted by Gasteiger charge is -2.07. The maximum atomic E-state index is 11.1. The minimum Gasteiger partial charge on any atom is -0.469 e. The van der Waals surface area contributed by atoms with Gasteiger partial charge < -0.3 is 9.84 Å². The van der Waals surface area contributed by atoms with Gasteiger partial charge in [-0.15, -0.1) is 0 Å². The Morgan fingerprint density at radius 1 is 1.62 bits per heavy atom. The van der Waals surface area contributed by atoms with Gasteiger partial charge in [0.25, 0.3) is 0 Å². The molecule has 0 aliphatic heterocycles. The van der Waals surface area contributed by atoms with Gasteiger partial charge in [-0.3, -0.25) is 4.79 Å². The predicted octanol–water partition coefficient (Wildman–Crippen LogP) is 1.53. The molecule has 0 amide bonds. The molecule has 1 rings (SSSR count). The van der Waals surface area contributed by atoms with Crippen molar-refractivity contribution in [2.45, 2.75) is 13.0 Å². The molecule has 0 fully saturated rings. The van der Waals surface area contributed by atoms with Crippen molar-refractivity contribution in [3.63, 3.8) is 0 Å². The average Bonchev–Trinajstić information content (AvgIpc) is 2.28. The van der Waals surface area contributed by atoms with Gasteiger partial charge in [0.1, 0.15) is 0 Å². The Kier molecular flexibility index (Phi) is 4.47. The molecular weight excluding hydrogens is 274 g/mol. The summed E-state index contributed by atoms with van der Waals surface area (Å²) in [4.78, 5) is 11.1. The Morgan fingerprint density at radius 2 is 2.31 bits per heavy atom. The first-order valence-corrected chi connectivity index (χ1v) is 5.30. The molecule has 0 radical (unpaired) electrons. The zero-order valence-corrected chi connectivity index (χ0v) is 10.2. The largest absolute Gasteiger partial charge is 0.469 e. The Labute approximate surface area is 102 Å². The van der Waals surface area contributed by atoms with Crippen molar-refractivity contribution in [1.82, 2.24) is 0 Å². The van der Waals surface area contributed by atoms with Crippen molar-refractivity contribution in [1.29, 1.82) is 5.26 Å². The molecule has 0 aliphatic carbocycles. The van der Waals surface area contributed by atoms with E-state index in [1.165, 1.54) is 7.11 Å². The summed E-state index contributed by atoms with van der Waals surface area (Å²) in [6.45, 7) is -0.220. The number of nitriles is 1. The minimum atomic E-state index is -0.368. The van der Waals surface area contributed by atoms with Crippen LogP contribution in [0, 0.1) is 11.3 Å². The quantitative estimate of drug-likeness (QED) is 0.854. The molecule has 4 nitrogen and oxygen atoms in total. The fourth-order valence-corrected chi connectivity index (χ4v) is 1.93. The Bertz CT molecular complexity index is 451. The van der Waals surface area contributed by atoms with Crippen LogP contribution in [-0.2, 0) is 22.6 Å². The summed E-state index contributed by atoms with van der Waals surface area (Å²) in [6.07, 6.45) is 0.107. The van der Waals surface area contributed by atoms with Crippen molar-refractivity contribution >= 4 is 21.9 Å². The monoisotopic (exact) mass is 283 g/mol. The molecule has 0 atom stereocenters. The highest BCUT2D eigenvalue weighted by Crippen LogP contribution is 2.23. The highest BCUT2D eigenvalue weighted by atomic mass is 79.9. The second-order valence-corrected chi connectivity index (χ2v) is 3.98. The summed E-state index contributed by atoms with van der Waals surface area (Å²) in [7, 11) is 1.31. The van der Waals surface area contributed by atoms with Crippen LogP contribution in [0.4, 0.5) is 0 Å². The summed E-state index contributed by atoms with van der Waals surface area (Å²) in [5.74, 6) is -0.368. The number of rotatable bonds is 3. The normalized spacial score (nSPS) is 9.62. The minimum absolute atomic E-state index is 0.107. The van der Waals surface area contributed by atoms with Crippen LogP contribution in [0.1, 0.15) is 16.7 Å². The second kappa shape index (κ2) is 5.64. The fourth-order valence-electron chi connectivity index (χ4n) is 1.29. The molecule has 5 heteroatoms. The van der Waals surface area contributed by atoms with E-state index < -0.39 is 0 Å². The van der Waals surface area contributed by atoms with E-state index in [2.05, 4.69) is 20.7 Å². The van der Waals surface area contributed by atoms with E-state index in [1.807, 2.05) is 6.07 Å². The Balaban J connectivity index is 3.12. The van der Waals surface area contributed by atoms with Gasteiger partial charge in [0.2, 0.25) is 0 Å². The van der Waals surface area contributed by atoms with E-state index >= 15 is 0 Å². The van der Waals surface area contributed by atoms with Crippen molar-refractivity contribution in [3.05, 3.63) is 33.3 Å². The average molecular weight is 284 g/mol.